The van der Waals surface area contributed by atoms with E-state index in [-0.39, 0.29) is 10.8 Å². The highest BCUT2D eigenvalue weighted by molar-refractivity contribution is 6.74. The molecule has 0 aliphatic rings. The van der Waals surface area contributed by atoms with E-state index in [9.17, 15) is 4.79 Å². The molecule has 0 unspecified atom stereocenters. The number of carbonyl (C=O) groups is 1. The Kier molecular flexibility index (Phi) is 4.66. The lowest BCUT2D eigenvalue weighted by Crippen LogP contribution is -2.43. The second kappa shape index (κ2) is 6.20. The standard InChI is InChI=1S/C19H25NO2Si/c1-19(2,3)23(4,5)22-15-11-12-17(20)16(13-15)18(21)14-9-7-6-8-10-14/h6-13H,20H2,1-5H3. The molecular weight excluding hydrogens is 302 g/mol. The predicted octanol–water partition coefficient (Wildman–Crippen LogP) is 4.88. The van der Waals surface area contributed by atoms with E-state index in [1.165, 1.54) is 0 Å². The second-order valence-electron chi connectivity index (χ2n) is 7.31. The molecule has 0 aliphatic heterocycles. The quantitative estimate of drug-likeness (QED) is 0.494. The lowest BCUT2D eigenvalue weighted by Gasteiger charge is -2.36. The topological polar surface area (TPSA) is 52.3 Å². The molecular formula is C19H25NO2Si. The number of carbonyl (C=O) groups excluding carboxylic acids is 1. The number of nitrogen functional groups attached to an aromatic ring is 1. The van der Waals surface area contributed by atoms with E-state index in [1.54, 1.807) is 24.3 Å². The van der Waals surface area contributed by atoms with E-state index in [1.807, 2.05) is 24.3 Å². The van der Waals surface area contributed by atoms with E-state index in [0.29, 0.717) is 22.6 Å². The van der Waals surface area contributed by atoms with Crippen molar-refractivity contribution in [3.05, 3.63) is 59.7 Å². The Labute approximate surface area is 139 Å². The summed E-state index contributed by atoms with van der Waals surface area (Å²) in [6.45, 7) is 10.9. The number of hydrogen-bond acceptors (Lipinski definition) is 3. The summed E-state index contributed by atoms with van der Waals surface area (Å²) in [5, 5.41) is 0.0952. The fraction of sp³-hybridized carbons (Fsp3) is 0.316. The SMILES string of the molecule is CC(C)(C)[Si](C)(C)Oc1ccc(N)c(C(=O)c2ccccc2)c1. The van der Waals surface area contributed by atoms with Gasteiger partial charge < -0.3 is 10.2 Å². The lowest BCUT2D eigenvalue weighted by atomic mass is 10.0. The van der Waals surface area contributed by atoms with E-state index in [4.69, 9.17) is 10.2 Å². The van der Waals surface area contributed by atoms with Crippen molar-refractivity contribution < 1.29 is 9.22 Å². The van der Waals surface area contributed by atoms with Gasteiger partial charge in [0.25, 0.3) is 0 Å². The minimum Gasteiger partial charge on any atom is -0.543 e. The van der Waals surface area contributed by atoms with E-state index in [0.717, 1.165) is 0 Å². The molecule has 2 aromatic carbocycles. The van der Waals surface area contributed by atoms with Crippen LogP contribution in [0.2, 0.25) is 18.1 Å². The van der Waals surface area contributed by atoms with Crippen LogP contribution in [-0.4, -0.2) is 14.1 Å². The molecule has 3 nitrogen and oxygen atoms in total. The van der Waals surface area contributed by atoms with Gasteiger partial charge in [-0.2, -0.15) is 0 Å². The smallest absolute Gasteiger partial charge is 0.250 e. The van der Waals surface area contributed by atoms with Gasteiger partial charge in [0.05, 0.1) is 0 Å². The zero-order valence-electron chi connectivity index (χ0n) is 14.5. The molecule has 0 heterocycles. The zero-order chi connectivity index (χ0) is 17.3. The number of hydrogen-bond donors (Lipinski definition) is 1. The van der Waals surface area contributed by atoms with Crippen molar-refractivity contribution in [3.63, 3.8) is 0 Å². The summed E-state index contributed by atoms with van der Waals surface area (Å²) < 4.78 is 6.28. The minimum atomic E-state index is -1.95. The number of rotatable bonds is 4. The summed E-state index contributed by atoms with van der Waals surface area (Å²) in [5.41, 5.74) is 7.61. The average Bonchev–Trinajstić information content (AvgIpc) is 2.48. The number of nitrogens with two attached hydrogens (primary N) is 1. The summed E-state index contributed by atoms with van der Waals surface area (Å²) in [4.78, 5) is 12.7. The van der Waals surface area contributed by atoms with Crippen LogP contribution in [0.5, 0.6) is 5.75 Å². The second-order valence-corrected chi connectivity index (χ2v) is 12.0. The van der Waals surface area contributed by atoms with Crippen LogP contribution >= 0.6 is 0 Å². The van der Waals surface area contributed by atoms with Crippen molar-refractivity contribution in [2.24, 2.45) is 0 Å². The third-order valence-electron chi connectivity index (χ3n) is 4.48. The monoisotopic (exact) mass is 327 g/mol. The van der Waals surface area contributed by atoms with Crippen LogP contribution in [0.4, 0.5) is 5.69 Å². The molecule has 0 fully saturated rings. The number of benzene rings is 2. The third-order valence-corrected chi connectivity index (χ3v) is 8.84. The largest absolute Gasteiger partial charge is 0.543 e. The molecule has 4 heteroatoms. The maximum atomic E-state index is 12.7. The maximum Gasteiger partial charge on any atom is 0.250 e. The van der Waals surface area contributed by atoms with Crippen molar-refractivity contribution in [2.45, 2.75) is 38.9 Å². The Morgan fingerprint density at radius 1 is 1.04 bits per heavy atom. The zero-order valence-corrected chi connectivity index (χ0v) is 15.5. The highest BCUT2D eigenvalue weighted by Gasteiger charge is 2.39. The molecule has 0 saturated heterocycles. The lowest BCUT2D eigenvalue weighted by molar-refractivity contribution is 0.103. The minimum absolute atomic E-state index is 0.0798. The molecule has 2 aromatic rings. The van der Waals surface area contributed by atoms with E-state index < -0.39 is 8.32 Å². The molecule has 0 amide bonds. The van der Waals surface area contributed by atoms with Gasteiger partial charge in [0, 0.05) is 16.8 Å². The van der Waals surface area contributed by atoms with Gasteiger partial charge >= 0.3 is 0 Å². The normalized spacial score (nSPS) is 12.0. The van der Waals surface area contributed by atoms with Crippen molar-refractivity contribution in [2.75, 3.05) is 5.73 Å². The fourth-order valence-corrected chi connectivity index (χ4v) is 3.01. The van der Waals surface area contributed by atoms with Crippen LogP contribution in [0.1, 0.15) is 36.7 Å². The van der Waals surface area contributed by atoms with Crippen LogP contribution in [0.25, 0.3) is 0 Å². The highest BCUT2D eigenvalue weighted by Crippen LogP contribution is 2.38. The molecule has 122 valence electrons. The first kappa shape index (κ1) is 17.3. The molecule has 0 aliphatic carbocycles. The first-order valence-electron chi connectivity index (χ1n) is 7.80. The Morgan fingerprint density at radius 3 is 2.22 bits per heavy atom. The van der Waals surface area contributed by atoms with Crippen molar-refractivity contribution in [1.29, 1.82) is 0 Å². The molecule has 0 spiro atoms. The summed E-state index contributed by atoms with van der Waals surface area (Å²) >= 11 is 0. The van der Waals surface area contributed by atoms with Crippen LogP contribution in [0, 0.1) is 0 Å². The molecule has 0 radical (unpaired) electrons. The summed E-state index contributed by atoms with van der Waals surface area (Å²) in [5.74, 6) is 0.633. The van der Waals surface area contributed by atoms with Gasteiger partial charge in [0.15, 0.2) is 5.78 Å². The summed E-state index contributed by atoms with van der Waals surface area (Å²) in [6.07, 6.45) is 0. The Balaban J connectivity index is 2.35. The molecule has 0 aromatic heterocycles. The van der Waals surface area contributed by atoms with Gasteiger partial charge in [-0.25, -0.2) is 0 Å². The number of anilines is 1. The van der Waals surface area contributed by atoms with Crippen LogP contribution in [0.3, 0.4) is 0 Å². The van der Waals surface area contributed by atoms with E-state index in [2.05, 4.69) is 33.9 Å². The van der Waals surface area contributed by atoms with Crippen molar-refractivity contribution in [1.82, 2.24) is 0 Å². The van der Waals surface area contributed by atoms with Crippen molar-refractivity contribution in [3.8, 4) is 5.75 Å². The van der Waals surface area contributed by atoms with Crippen molar-refractivity contribution >= 4 is 19.8 Å². The summed E-state index contributed by atoms with van der Waals surface area (Å²) in [7, 11) is -1.95. The van der Waals surface area contributed by atoms with Crippen LogP contribution in [0.15, 0.2) is 48.5 Å². The number of ketones is 1. The Hall–Kier alpha value is -2.07. The third kappa shape index (κ3) is 3.82. The van der Waals surface area contributed by atoms with Gasteiger partial charge in [0.2, 0.25) is 8.32 Å². The van der Waals surface area contributed by atoms with Gasteiger partial charge in [-0.05, 0) is 36.3 Å². The van der Waals surface area contributed by atoms with Gasteiger partial charge in [-0.15, -0.1) is 0 Å². The maximum absolute atomic E-state index is 12.7. The van der Waals surface area contributed by atoms with Gasteiger partial charge in [-0.1, -0.05) is 51.1 Å². The molecule has 0 bridgehead atoms. The first-order chi connectivity index (χ1) is 10.6. The first-order valence-corrected chi connectivity index (χ1v) is 10.7. The molecule has 2 rings (SSSR count). The van der Waals surface area contributed by atoms with E-state index >= 15 is 0 Å². The Morgan fingerprint density at radius 2 is 1.65 bits per heavy atom. The predicted molar refractivity (Wildman–Crippen MR) is 98.6 cm³/mol. The Bertz CT molecular complexity index is 703. The summed E-state index contributed by atoms with van der Waals surface area (Å²) in [6, 6.07) is 14.5. The molecule has 0 atom stereocenters. The molecule has 23 heavy (non-hydrogen) atoms. The van der Waals surface area contributed by atoms with Crippen LogP contribution < -0.4 is 10.2 Å². The fourth-order valence-electron chi connectivity index (χ4n) is 1.99. The van der Waals surface area contributed by atoms with Gasteiger partial charge in [-0.3, -0.25) is 4.79 Å². The molecule has 2 N–H and O–H groups in total. The highest BCUT2D eigenvalue weighted by atomic mass is 28.4. The molecule has 0 saturated carbocycles. The van der Waals surface area contributed by atoms with Gasteiger partial charge in [0.1, 0.15) is 5.75 Å². The average molecular weight is 328 g/mol. The van der Waals surface area contributed by atoms with Crippen LogP contribution in [-0.2, 0) is 0 Å².